The van der Waals surface area contributed by atoms with Gasteiger partial charge >= 0.3 is 6.16 Å². The minimum atomic E-state index is -0.693. The molecule has 31 heavy (non-hydrogen) atoms. The molecule has 1 heterocycles. The van der Waals surface area contributed by atoms with Crippen molar-refractivity contribution in [3.8, 4) is 5.75 Å². The van der Waals surface area contributed by atoms with Crippen LogP contribution in [-0.2, 0) is 27.7 Å². The molecule has 2 aromatic rings. The maximum absolute atomic E-state index is 11.9. The van der Waals surface area contributed by atoms with Gasteiger partial charge in [0.15, 0.2) is 0 Å². The Morgan fingerprint density at radius 1 is 1.06 bits per heavy atom. The average Bonchev–Trinajstić information content (AvgIpc) is 2.80. The third-order valence-electron chi connectivity index (χ3n) is 7.47. The van der Waals surface area contributed by atoms with E-state index in [1.165, 1.54) is 43.2 Å². The molecule has 0 spiro atoms. The van der Waals surface area contributed by atoms with Crippen molar-refractivity contribution in [2.45, 2.75) is 56.4 Å². The minimum Gasteiger partial charge on any atom is -0.457 e. The highest BCUT2D eigenvalue weighted by Crippen LogP contribution is 2.54. The molecule has 2 bridgehead atoms. The maximum atomic E-state index is 11.9. The lowest BCUT2D eigenvalue weighted by Gasteiger charge is -2.56. The van der Waals surface area contributed by atoms with Gasteiger partial charge in [-0.05, 0) is 67.0 Å². The van der Waals surface area contributed by atoms with E-state index >= 15 is 0 Å². The topological polar surface area (TPSA) is 56.8 Å². The van der Waals surface area contributed by atoms with E-state index in [2.05, 4.69) is 17.4 Å². The van der Waals surface area contributed by atoms with Crippen molar-refractivity contribution >= 4 is 6.16 Å². The number of hydrogen-bond donors (Lipinski definition) is 1. The fraction of sp³-hybridized carbons (Fsp3) is 0.500. The van der Waals surface area contributed by atoms with Crippen LogP contribution in [0.4, 0.5) is 4.79 Å². The van der Waals surface area contributed by atoms with Gasteiger partial charge in [-0.1, -0.05) is 49.2 Å². The first-order chi connectivity index (χ1) is 15.2. The number of benzene rings is 2. The molecule has 3 aliphatic rings. The molecule has 164 valence electrons. The molecule has 1 aliphatic heterocycles. The van der Waals surface area contributed by atoms with Crippen molar-refractivity contribution in [1.29, 1.82) is 0 Å². The molecule has 5 nitrogen and oxygen atoms in total. The summed E-state index contributed by atoms with van der Waals surface area (Å²) < 4.78 is 16.1. The second-order valence-corrected chi connectivity index (χ2v) is 9.08. The molecule has 0 radical (unpaired) electrons. The number of nitrogens with one attached hydrogen (secondary N) is 1. The van der Waals surface area contributed by atoms with Crippen LogP contribution in [0.2, 0.25) is 0 Å². The molecule has 1 saturated heterocycles. The first kappa shape index (κ1) is 20.4. The summed E-state index contributed by atoms with van der Waals surface area (Å²) in [7, 11) is 0. The summed E-state index contributed by atoms with van der Waals surface area (Å²) in [6, 6.07) is 16.9. The summed E-state index contributed by atoms with van der Waals surface area (Å²) in [6.45, 7) is 1.26. The molecule has 0 amide bonds. The van der Waals surface area contributed by atoms with Gasteiger partial charge in [-0.15, -0.1) is 0 Å². The summed E-state index contributed by atoms with van der Waals surface area (Å²) in [6.07, 6.45) is 7.53. The van der Waals surface area contributed by atoms with Gasteiger partial charge in [-0.25, -0.2) is 4.79 Å². The van der Waals surface area contributed by atoms with Crippen LogP contribution in [0.25, 0.3) is 0 Å². The predicted molar refractivity (Wildman–Crippen MR) is 118 cm³/mol. The van der Waals surface area contributed by atoms with E-state index in [1.807, 2.05) is 36.4 Å². The molecule has 2 fully saturated rings. The van der Waals surface area contributed by atoms with E-state index in [4.69, 9.17) is 14.2 Å². The zero-order valence-electron chi connectivity index (χ0n) is 18.0. The van der Waals surface area contributed by atoms with E-state index in [0.717, 1.165) is 30.2 Å². The summed E-state index contributed by atoms with van der Waals surface area (Å²) in [4.78, 5) is 11.9. The molecule has 1 saturated carbocycles. The Morgan fingerprint density at radius 2 is 1.97 bits per heavy atom. The molecule has 2 aromatic carbocycles. The van der Waals surface area contributed by atoms with Gasteiger partial charge in [0.1, 0.15) is 5.75 Å². The highest BCUT2D eigenvalue weighted by atomic mass is 16.8. The lowest BCUT2D eigenvalue weighted by molar-refractivity contribution is 0.00490. The minimum absolute atomic E-state index is 0.135. The van der Waals surface area contributed by atoms with Crippen molar-refractivity contribution in [3.05, 3.63) is 65.2 Å². The van der Waals surface area contributed by atoms with Crippen molar-refractivity contribution in [2.24, 2.45) is 5.92 Å². The number of rotatable bonds is 6. The summed E-state index contributed by atoms with van der Waals surface area (Å²) in [5.41, 5.74) is 4.33. The molecule has 3 atom stereocenters. The first-order valence-electron chi connectivity index (χ1n) is 11.6. The van der Waals surface area contributed by atoms with Crippen molar-refractivity contribution in [1.82, 2.24) is 5.32 Å². The Kier molecular flexibility index (Phi) is 5.86. The Labute approximate surface area is 184 Å². The summed E-state index contributed by atoms with van der Waals surface area (Å²) in [5, 5.41) is 3.77. The molecule has 0 unspecified atom stereocenters. The third kappa shape index (κ3) is 4.16. The van der Waals surface area contributed by atoms with Crippen molar-refractivity contribution in [3.63, 3.8) is 0 Å². The van der Waals surface area contributed by atoms with Crippen LogP contribution in [-0.4, -0.2) is 32.1 Å². The Bertz CT molecular complexity index is 911. The quantitative estimate of drug-likeness (QED) is 0.538. The standard InChI is InChI=1S/C26H31NO4/c28-25(29-15-11-19-6-2-1-3-7-19)31-18-30-21-10-9-20-16-24-22-8-4-5-12-26(22,13-14-27-24)23(20)17-21/h1-3,6-7,9-10,17,22,24,27H,4-5,8,11-16,18H2/t22-,24+,26-/m1/s1. The SMILES string of the molecule is O=C(OCCc1ccccc1)OCOc1ccc2c(c1)[C@@]13CCCC[C@@H]1[C@H](C2)NCC3. The van der Waals surface area contributed by atoms with Gasteiger partial charge in [0.25, 0.3) is 0 Å². The summed E-state index contributed by atoms with van der Waals surface area (Å²) in [5.74, 6) is 1.50. The van der Waals surface area contributed by atoms with Crippen molar-refractivity contribution in [2.75, 3.05) is 19.9 Å². The molecular weight excluding hydrogens is 390 g/mol. The van der Waals surface area contributed by atoms with Gasteiger partial charge in [0.05, 0.1) is 6.61 Å². The highest BCUT2D eigenvalue weighted by molar-refractivity contribution is 5.59. The van der Waals surface area contributed by atoms with Crippen LogP contribution in [0.15, 0.2) is 48.5 Å². The fourth-order valence-electron chi connectivity index (χ4n) is 6.08. The van der Waals surface area contributed by atoms with Gasteiger partial charge in [0, 0.05) is 17.9 Å². The van der Waals surface area contributed by atoms with Gasteiger partial charge in [-0.2, -0.15) is 0 Å². The Balaban J connectivity index is 1.17. The molecule has 2 aliphatic carbocycles. The highest BCUT2D eigenvalue weighted by Gasteiger charge is 2.51. The maximum Gasteiger partial charge on any atom is 0.511 e. The van der Waals surface area contributed by atoms with E-state index in [1.54, 1.807) is 0 Å². The summed E-state index contributed by atoms with van der Waals surface area (Å²) >= 11 is 0. The first-order valence-corrected chi connectivity index (χ1v) is 11.6. The van der Waals surface area contributed by atoms with Crippen LogP contribution in [0.3, 0.4) is 0 Å². The lowest BCUT2D eigenvalue weighted by Crippen LogP contribution is -2.59. The molecule has 1 N–H and O–H groups in total. The molecule has 5 rings (SSSR count). The zero-order valence-corrected chi connectivity index (χ0v) is 18.0. The Morgan fingerprint density at radius 3 is 2.87 bits per heavy atom. The van der Waals surface area contributed by atoms with E-state index in [0.29, 0.717) is 24.5 Å². The Hall–Kier alpha value is -2.53. The van der Waals surface area contributed by atoms with Crippen LogP contribution in [0.1, 0.15) is 48.8 Å². The number of fused-ring (bicyclic) bond motifs is 1. The zero-order chi connectivity index (χ0) is 21.1. The van der Waals surface area contributed by atoms with Crippen LogP contribution in [0.5, 0.6) is 5.75 Å². The van der Waals surface area contributed by atoms with Crippen LogP contribution < -0.4 is 10.1 Å². The van der Waals surface area contributed by atoms with E-state index in [9.17, 15) is 4.79 Å². The smallest absolute Gasteiger partial charge is 0.457 e. The van der Waals surface area contributed by atoms with E-state index in [-0.39, 0.29) is 6.79 Å². The monoisotopic (exact) mass is 421 g/mol. The van der Waals surface area contributed by atoms with Gasteiger partial charge in [-0.3, -0.25) is 0 Å². The second-order valence-electron chi connectivity index (χ2n) is 9.08. The fourth-order valence-corrected chi connectivity index (χ4v) is 6.08. The lowest BCUT2D eigenvalue weighted by atomic mass is 9.53. The molecule has 5 heteroatoms. The third-order valence-corrected chi connectivity index (χ3v) is 7.47. The van der Waals surface area contributed by atoms with Gasteiger partial charge < -0.3 is 19.5 Å². The number of carbonyl (C=O) groups excluding carboxylic acids is 1. The van der Waals surface area contributed by atoms with E-state index < -0.39 is 6.16 Å². The number of ether oxygens (including phenoxy) is 3. The predicted octanol–water partition coefficient (Wildman–Crippen LogP) is 4.76. The number of piperidine rings is 1. The van der Waals surface area contributed by atoms with Gasteiger partial charge in [0.2, 0.25) is 6.79 Å². The normalized spacial score (nSPS) is 26.3. The molecule has 0 aromatic heterocycles. The largest absolute Gasteiger partial charge is 0.511 e. The van der Waals surface area contributed by atoms with Crippen LogP contribution >= 0.6 is 0 Å². The van der Waals surface area contributed by atoms with Crippen molar-refractivity contribution < 1.29 is 19.0 Å². The number of carbonyl (C=O) groups is 1. The number of hydrogen-bond acceptors (Lipinski definition) is 5. The second kappa shape index (κ2) is 8.91. The molecular formula is C26H31NO4. The van der Waals surface area contributed by atoms with Crippen LogP contribution in [0, 0.1) is 5.92 Å². The average molecular weight is 422 g/mol.